The lowest BCUT2D eigenvalue weighted by Crippen LogP contribution is -2.17. The molecule has 0 N–H and O–H groups in total. The van der Waals surface area contributed by atoms with Crippen LogP contribution in [-0.2, 0) is 5.41 Å². The van der Waals surface area contributed by atoms with Crippen LogP contribution in [0.5, 0.6) is 5.75 Å². The Bertz CT molecular complexity index is 1310. The molecule has 3 heteroatoms. The predicted octanol–water partition coefficient (Wildman–Crippen LogP) is 8.13. The number of benzene rings is 4. The highest BCUT2D eigenvalue weighted by Crippen LogP contribution is 2.57. The Morgan fingerprint density at radius 3 is 2.23 bits per heavy atom. The summed E-state index contributed by atoms with van der Waals surface area (Å²) in [4.78, 5) is 0. The largest absolute Gasteiger partial charge is 0.495 e. The van der Waals surface area contributed by atoms with Crippen LogP contribution >= 0.6 is 11.6 Å². The summed E-state index contributed by atoms with van der Waals surface area (Å²) >= 11 is 6.26. The molecule has 0 fully saturated rings. The van der Waals surface area contributed by atoms with Crippen molar-refractivity contribution in [1.29, 1.82) is 0 Å². The molecule has 1 aliphatic rings. The van der Waals surface area contributed by atoms with Crippen LogP contribution in [0.15, 0.2) is 78.9 Å². The maximum Gasteiger partial charge on any atom is 0.134 e. The number of rotatable bonds is 3. The van der Waals surface area contributed by atoms with Crippen molar-refractivity contribution in [1.82, 2.24) is 0 Å². The second kappa shape index (κ2) is 7.25. The molecule has 0 radical (unpaired) electrons. The van der Waals surface area contributed by atoms with Gasteiger partial charge in [0.05, 0.1) is 7.11 Å². The van der Waals surface area contributed by atoms with Crippen molar-refractivity contribution in [3.63, 3.8) is 0 Å². The normalized spacial score (nSPS) is 13.6. The van der Waals surface area contributed by atoms with Crippen molar-refractivity contribution in [2.75, 3.05) is 7.11 Å². The minimum Gasteiger partial charge on any atom is -0.495 e. The molecule has 0 saturated heterocycles. The summed E-state index contributed by atoms with van der Waals surface area (Å²) in [5, 5.41) is 0.487. The molecule has 0 aliphatic heterocycles. The Hall–Kier alpha value is -3.10. The van der Waals surface area contributed by atoms with E-state index in [1.807, 2.05) is 18.2 Å². The maximum atomic E-state index is 15.0. The van der Waals surface area contributed by atoms with Gasteiger partial charge < -0.3 is 4.74 Å². The lowest BCUT2D eigenvalue weighted by Gasteiger charge is -2.27. The fraction of sp³-hybridized carbons (Fsp3) is 0.143. The Labute approximate surface area is 187 Å². The van der Waals surface area contributed by atoms with Gasteiger partial charge in [0.25, 0.3) is 0 Å². The first kappa shape index (κ1) is 19.8. The minimum atomic E-state index is -0.327. The molecule has 0 atom stereocenters. The number of fused-ring (bicyclic) bond motifs is 3. The molecular weight excluding hydrogens is 407 g/mol. The van der Waals surface area contributed by atoms with Crippen molar-refractivity contribution < 1.29 is 9.13 Å². The van der Waals surface area contributed by atoms with Gasteiger partial charge in [-0.1, -0.05) is 80.0 Å². The summed E-state index contributed by atoms with van der Waals surface area (Å²) in [6, 6.07) is 25.3. The van der Waals surface area contributed by atoms with Gasteiger partial charge in [0.1, 0.15) is 11.6 Å². The van der Waals surface area contributed by atoms with Crippen molar-refractivity contribution >= 4 is 11.6 Å². The number of hydrogen-bond donors (Lipinski definition) is 0. The Morgan fingerprint density at radius 1 is 0.774 bits per heavy atom. The van der Waals surface area contributed by atoms with Gasteiger partial charge in [0.2, 0.25) is 0 Å². The third-order valence-corrected chi connectivity index (χ3v) is 6.52. The zero-order chi connectivity index (χ0) is 21.8. The van der Waals surface area contributed by atoms with E-state index in [0.29, 0.717) is 21.9 Å². The van der Waals surface area contributed by atoms with Crippen LogP contribution in [0.4, 0.5) is 4.39 Å². The molecule has 1 aliphatic carbocycles. The van der Waals surface area contributed by atoms with Crippen LogP contribution in [0.1, 0.15) is 25.0 Å². The first-order valence-corrected chi connectivity index (χ1v) is 10.7. The quantitative estimate of drug-likeness (QED) is 0.320. The van der Waals surface area contributed by atoms with E-state index in [0.717, 1.165) is 16.7 Å². The van der Waals surface area contributed by atoms with Gasteiger partial charge in [-0.05, 0) is 52.1 Å². The van der Waals surface area contributed by atoms with Crippen LogP contribution in [0.2, 0.25) is 5.02 Å². The molecule has 0 aromatic heterocycles. The van der Waals surface area contributed by atoms with E-state index in [2.05, 4.69) is 56.3 Å². The molecule has 154 valence electrons. The lowest BCUT2D eigenvalue weighted by atomic mass is 9.77. The third-order valence-electron chi connectivity index (χ3n) is 6.28. The molecule has 0 bridgehead atoms. The van der Waals surface area contributed by atoms with Crippen LogP contribution in [0.3, 0.4) is 0 Å². The number of halogens is 2. The molecule has 31 heavy (non-hydrogen) atoms. The molecule has 4 aromatic carbocycles. The number of methoxy groups -OCH3 is 1. The topological polar surface area (TPSA) is 9.23 Å². The maximum absolute atomic E-state index is 15.0. The fourth-order valence-corrected chi connectivity index (χ4v) is 5.09. The highest BCUT2D eigenvalue weighted by Gasteiger charge is 2.40. The van der Waals surface area contributed by atoms with E-state index in [1.165, 1.54) is 22.8 Å². The zero-order valence-corrected chi connectivity index (χ0v) is 18.4. The Morgan fingerprint density at radius 2 is 1.48 bits per heavy atom. The van der Waals surface area contributed by atoms with Crippen molar-refractivity contribution in [3.05, 3.63) is 101 Å². The smallest absolute Gasteiger partial charge is 0.134 e. The second-order valence-corrected chi connectivity index (χ2v) is 8.85. The average Bonchev–Trinajstić information content (AvgIpc) is 3.02. The van der Waals surface area contributed by atoms with Gasteiger partial charge in [0.15, 0.2) is 0 Å². The average molecular weight is 429 g/mol. The minimum absolute atomic E-state index is 0.226. The van der Waals surface area contributed by atoms with E-state index in [-0.39, 0.29) is 11.2 Å². The van der Waals surface area contributed by atoms with E-state index in [9.17, 15) is 4.39 Å². The van der Waals surface area contributed by atoms with Gasteiger partial charge in [0, 0.05) is 27.1 Å². The molecule has 0 spiro atoms. The van der Waals surface area contributed by atoms with Gasteiger partial charge >= 0.3 is 0 Å². The summed E-state index contributed by atoms with van der Waals surface area (Å²) in [5.41, 5.74) is 7.68. The van der Waals surface area contributed by atoms with E-state index >= 15 is 0 Å². The monoisotopic (exact) mass is 428 g/mol. The van der Waals surface area contributed by atoms with Crippen LogP contribution in [-0.4, -0.2) is 7.11 Å². The first-order chi connectivity index (χ1) is 14.9. The summed E-state index contributed by atoms with van der Waals surface area (Å²) in [6.07, 6.45) is 0. The molecule has 0 saturated carbocycles. The molecule has 5 rings (SSSR count). The van der Waals surface area contributed by atoms with E-state index < -0.39 is 0 Å². The van der Waals surface area contributed by atoms with Gasteiger partial charge in [-0.25, -0.2) is 4.39 Å². The van der Waals surface area contributed by atoms with Gasteiger partial charge in [-0.15, -0.1) is 0 Å². The Balaban J connectivity index is 1.96. The molecular formula is C28H22ClFO. The third kappa shape index (κ3) is 2.97. The summed E-state index contributed by atoms with van der Waals surface area (Å²) in [5.74, 6) is 0.333. The SMILES string of the molecule is COc1c(-c2cc(Cl)ccc2F)cc2c(c1-c1ccccc1)C(C)(C)c1ccccc1-2. The lowest BCUT2D eigenvalue weighted by molar-refractivity contribution is 0.416. The molecule has 0 unspecified atom stereocenters. The van der Waals surface area contributed by atoms with Crippen molar-refractivity contribution in [2.24, 2.45) is 0 Å². The summed E-state index contributed by atoms with van der Waals surface area (Å²) in [6.45, 7) is 4.48. The van der Waals surface area contributed by atoms with Crippen molar-refractivity contribution in [2.45, 2.75) is 19.3 Å². The first-order valence-electron chi connectivity index (χ1n) is 10.3. The fourth-order valence-electron chi connectivity index (χ4n) is 4.92. The highest BCUT2D eigenvalue weighted by atomic mass is 35.5. The zero-order valence-electron chi connectivity index (χ0n) is 17.7. The van der Waals surface area contributed by atoms with Crippen LogP contribution < -0.4 is 4.74 Å². The van der Waals surface area contributed by atoms with Gasteiger partial charge in [-0.3, -0.25) is 0 Å². The van der Waals surface area contributed by atoms with Crippen molar-refractivity contribution in [3.8, 4) is 39.1 Å². The van der Waals surface area contributed by atoms with Crippen LogP contribution in [0.25, 0.3) is 33.4 Å². The van der Waals surface area contributed by atoms with Gasteiger partial charge in [-0.2, -0.15) is 0 Å². The Kier molecular flexibility index (Phi) is 4.64. The van der Waals surface area contributed by atoms with E-state index in [1.54, 1.807) is 19.2 Å². The second-order valence-electron chi connectivity index (χ2n) is 8.42. The summed E-state index contributed by atoms with van der Waals surface area (Å²) < 4.78 is 21.0. The standard InChI is InChI=1S/C28H22ClFO/c1-28(2)23-12-8-7-11-19(23)21-16-22(20-15-18(29)13-14-24(20)30)27(31-3)25(26(21)28)17-9-5-4-6-10-17/h4-16H,1-3H3. The molecule has 0 amide bonds. The molecule has 4 aromatic rings. The summed E-state index contributed by atoms with van der Waals surface area (Å²) in [7, 11) is 1.65. The number of ether oxygens (including phenoxy) is 1. The van der Waals surface area contributed by atoms with Crippen LogP contribution in [0, 0.1) is 5.82 Å². The van der Waals surface area contributed by atoms with E-state index in [4.69, 9.17) is 16.3 Å². The molecule has 1 nitrogen and oxygen atoms in total. The molecule has 0 heterocycles. The number of hydrogen-bond acceptors (Lipinski definition) is 1. The predicted molar refractivity (Wildman–Crippen MR) is 126 cm³/mol. The highest BCUT2D eigenvalue weighted by molar-refractivity contribution is 6.30.